The van der Waals surface area contributed by atoms with E-state index in [4.69, 9.17) is 4.74 Å². The average Bonchev–Trinajstić information content (AvgIpc) is 3.19. The van der Waals surface area contributed by atoms with E-state index in [9.17, 15) is 9.59 Å². The van der Waals surface area contributed by atoms with Crippen molar-refractivity contribution in [2.45, 2.75) is 37.4 Å². The van der Waals surface area contributed by atoms with E-state index < -0.39 is 0 Å². The van der Waals surface area contributed by atoms with E-state index in [-0.39, 0.29) is 17.3 Å². The smallest absolute Gasteiger partial charge is 0.348 e. The second-order valence-electron chi connectivity index (χ2n) is 7.31. The number of thioether (sulfide) groups is 1. The van der Waals surface area contributed by atoms with Crippen molar-refractivity contribution < 1.29 is 9.53 Å². The van der Waals surface area contributed by atoms with Gasteiger partial charge in [-0.15, -0.1) is 0 Å². The Balaban J connectivity index is 1.63. The number of carbonyl (C=O) groups excluding carboxylic acids is 1. The molecule has 1 aromatic heterocycles. The highest BCUT2D eigenvalue weighted by Gasteiger charge is 2.22. The summed E-state index contributed by atoms with van der Waals surface area (Å²) >= 11 is 1.35. The number of rotatable bonds is 9. The van der Waals surface area contributed by atoms with Crippen LogP contribution in [0.3, 0.4) is 0 Å². The highest BCUT2D eigenvalue weighted by molar-refractivity contribution is 7.99. The molecule has 0 saturated carbocycles. The van der Waals surface area contributed by atoms with E-state index in [1.54, 1.807) is 11.7 Å². The molecule has 0 bridgehead atoms. The summed E-state index contributed by atoms with van der Waals surface area (Å²) in [5.74, 6) is 0.892. The normalized spacial score (nSPS) is 12.8. The van der Waals surface area contributed by atoms with Gasteiger partial charge < -0.3 is 15.0 Å². The summed E-state index contributed by atoms with van der Waals surface area (Å²) in [6.45, 7) is 1.85. The van der Waals surface area contributed by atoms with Crippen LogP contribution in [0.2, 0.25) is 0 Å². The second kappa shape index (κ2) is 9.93. The second-order valence-corrected chi connectivity index (χ2v) is 8.27. The molecule has 1 aliphatic carbocycles. The third kappa shape index (κ3) is 5.39. The summed E-state index contributed by atoms with van der Waals surface area (Å²) in [5, 5.41) is 3.62. The molecule has 1 N–H and O–H groups in total. The van der Waals surface area contributed by atoms with Crippen molar-refractivity contribution >= 4 is 17.7 Å². The number of ether oxygens (including phenoxy) is 1. The number of methoxy groups -OCH3 is 1. The molecular formula is C21H28N4O3S. The zero-order chi connectivity index (χ0) is 20.8. The van der Waals surface area contributed by atoms with E-state index in [0.29, 0.717) is 18.1 Å². The number of aromatic nitrogens is 2. The van der Waals surface area contributed by atoms with Gasteiger partial charge in [0.15, 0.2) is 0 Å². The monoisotopic (exact) mass is 416 g/mol. The van der Waals surface area contributed by atoms with Crippen LogP contribution in [0.5, 0.6) is 5.75 Å². The van der Waals surface area contributed by atoms with Crippen LogP contribution < -0.4 is 15.7 Å². The first-order chi connectivity index (χ1) is 14.0. The summed E-state index contributed by atoms with van der Waals surface area (Å²) in [5.41, 5.74) is 2.93. The molecule has 3 rings (SSSR count). The first-order valence-electron chi connectivity index (χ1n) is 9.78. The minimum Gasteiger partial charge on any atom is -0.496 e. The average molecular weight is 417 g/mol. The Morgan fingerprint density at radius 3 is 2.86 bits per heavy atom. The lowest BCUT2D eigenvalue weighted by Gasteiger charge is -2.16. The Kier molecular flexibility index (Phi) is 7.33. The Morgan fingerprint density at radius 2 is 2.10 bits per heavy atom. The number of nitrogens with zero attached hydrogens (tertiary/aromatic N) is 3. The number of nitrogens with one attached hydrogen (secondary N) is 1. The van der Waals surface area contributed by atoms with Crippen LogP contribution in [0, 0.1) is 0 Å². The third-order valence-electron chi connectivity index (χ3n) is 4.98. The highest BCUT2D eigenvalue weighted by Crippen LogP contribution is 2.29. The lowest BCUT2D eigenvalue weighted by Crippen LogP contribution is -2.31. The van der Waals surface area contributed by atoms with Gasteiger partial charge in [0.25, 0.3) is 0 Å². The van der Waals surface area contributed by atoms with E-state index in [2.05, 4.69) is 15.2 Å². The first-order valence-corrected chi connectivity index (χ1v) is 10.8. The number of likely N-dealkylation sites (N-methyl/N-ethyl adjacent to an activating group) is 1. The van der Waals surface area contributed by atoms with Gasteiger partial charge in [0.2, 0.25) is 5.91 Å². The van der Waals surface area contributed by atoms with Crippen molar-refractivity contribution in [2.24, 2.45) is 0 Å². The number of benzene rings is 1. The molecular weight excluding hydrogens is 388 g/mol. The number of hydrogen-bond donors (Lipinski definition) is 1. The Hall–Kier alpha value is -2.32. The molecule has 8 heteroatoms. The zero-order valence-electron chi connectivity index (χ0n) is 17.2. The molecule has 2 aromatic rings. The van der Waals surface area contributed by atoms with Gasteiger partial charge in [0.1, 0.15) is 10.8 Å². The van der Waals surface area contributed by atoms with Crippen LogP contribution in [0.15, 0.2) is 34.1 Å². The van der Waals surface area contributed by atoms with Gasteiger partial charge in [-0.05, 0) is 39.4 Å². The van der Waals surface area contributed by atoms with Gasteiger partial charge in [0.05, 0.1) is 12.9 Å². The van der Waals surface area contributed by atoms with Crippen LogP contribution in [-0.2, 0) is 30.7 Å². The van der Waals surface area contributed by atoms with Crippen molar-refractivity contribution in [1.82, 2.24) is 19.8 Å². The number of amides is 1. The minimum absolute atomic E-state index is 0.0914. The van der Waals surface area contributed by atoms with Crippen molar-refractivity contribution in [1.29, 1.82) is 0 Å². The van der Waals surface area contributed by atoms with Gasteiger partial charge >= 0.3 is 5.69 Å². The summed E-state index contributed by atoms with van der Waals surface area (Å²) in [6, 6.07) is 7.60. The van der Waals surface area contributed by atoms with E-state index in [1.807, 2.05) is 38.4 Å². The van der Waals surface area contributed by atoms with Crippen LogP contribution in [0.1, 0.15) is 23.2 Å². The zero-order valence-corrected chi connectivity index (χ0v) is 18.1. The Bertz CT molecular complexity index is 927. The molecule has 0 radical (unpaired) electrons. The van der Waals surface area contributed by atoms with Gasteiger partial charge in [-0.1, -0.05) is 30.0 Å². The summed E-state index contributed by atoms with van der Waals surface area (Å²) < 4.78 is 7.11. The Labute approximate surface area is 175 Å². The maximum absolute atomic E-state index is 12.5. The molecule has 1 heterocycles. The van der Waals surface area contributed by atoms with E-state index in [1.165, 1.54) is 11.8 Å². The van der Waals surface area contributed by atoms with Gasteiger partial charge in [0, 0.05) is 36.5 Å². The van der Waals surface area contributed by atoms with Gasteiger partial charge in [-0.2, -0.15) is 4.98 Å². The topological polar surface area (TPSA) is 76.5 Å². The largest absolute Gasteiger partial charge is 0.496 e. The Morgan fingerprint density at radius 1 is 1.31 bits per heavy atom. The fraction of sp³-hybridized carbons (Fsp3) is 0.476. The first kappa shape index (κ1) is 21.4. The molecule has 0 spiro atoms. The molecule has 0 fully saturated rings. The number of hydrogen-bond acceptors (Lipinski definition) is 6. The van der Waals surface area contributed by atoms with E-state index >= 15 is 0 Å². The molecule has 1 aliphatic rings. The fourth-order valence-electron chi connectivity index (χ4n) is 3.46. The van der Waals surface area contributed by atoms with Crippen LogP contribution in [0.4, 0.5) is 0 Å². The maximum Gasteiger partial charge on any atom is 0.348 e. The standard InChI is InChI=1S/C21H28N4O3S/c1-24(2)11-12-25-17-9-6-8-16(17)20(23-21(25)27)29-14-19(26)22-13-15-7-4-5-10-18(15)28-3/h4-5,7,10H,6,8-9,11-14H2,1-3H3,(H,22,26). The summed E-state index contributed by atoms with van der Waals surface area (Å²) in [7, 11) is 5.60. The van der Waals surface area contributed by atoms with Crippen molar-refractivity contribution in [3.63, 3.8) is 0 Å². The van der Waals surface area contributed by atoms with Crippen molar-refractivity contribution in [2.75, 3.05) is 33.5 Å². The van der Waals surface area contributed by atoms with Crippen LogP contribution in [0.25, 0.3) is 0 Å². The van der Waals surface area contributed by atoms with Crippen LogP contribution >= 0.6 is 11.8 Å². The number of fused-ring (bicyclic) bond motifs is 1. The lowest BCUT2D eigenvalue weighted by molar-refractivity contribution is -0.118. The SMILES string of the molecule is COc1ccccc1CNC(=O)CSc1nc(=O)n(CCN(C)C)c2c1CCC2. The molecule has 156 valence electrons. The van der Waals surface area contributed by atoms with Gasteiger partial charge in [-0.25, -0.2) is 4.79 Å². The molecule has 29 heavy (non-hydrogen) atoms. The summed E-state index contributed by atoms with van der Waals surface area (Å²) in [4.78, 5) is 31.2. The minimum atomic E-state index is -0.218. The molecule has 0 atom stereocenters. The van der Waals surface area contributed by atoms with Gasteiger partial charge in [-0.3, -0.25) is 9.36 Å². The van der Waals surface area contributed by atoms with E-state index in [0.717, 1.165) is 48.4 Å². The quantitative estimate of drug-likeness (QED) is 0.495. The molecule has 0 aliphatic heterocycles. The molecule has 1 aromatic carbocycles. The predicted octanol–water partition coefficient (Wildman–Crippen LogP) is 1.71. The highest BCUT2D eigenvalue weighted by atomic mass is 32.2. The predicted molar refractivity (Wildman–Crippen MR) is 115 cm³/mol. The van der Waals surface area contributed by atoms with Crippen molar-refractivity contribution in [3.05, 3.63) is 51.6 Å². The van der Waals surface area contributed by atoms with Crippen LogP contribution in [-0.4, -0.2) is 53.9 Å². The maximum atomic E-state index is 12.5. The number of para-hydroxylation sites is 1. The number of carbonyl (C=O) groups is 1. The molecule has 0 saturated heterocycles. The third-order valence-corrected chi connectivity index (χ3v) is 6.00. The summed E-state index contributed by atoms with van der Waals surface area (Å²) in [6.07, 6.45) is 2.83. The fourth-order valence-corrected chi connectivity index (χ4v) is 4.37. The molecule has 7 nitrogen and oxygen atoms in total. The van der Waals surface area contributed by atoms with Crippen molar-refractivity contribution in [3.8, 4) is 5.75 Å². The molecule has 1 amide bonds. The molecule has 0 unspecified atom stereocenters. The lowest BCUT2D eigenvalue weighted by atomic mass is 10.2.